The normalized spacial score (nSPS) is 27.3. The Balaban J connectivity index is 1.56. The Morgan fingerprint density at radius 2 is 2.16 bits per heavy atom. The predicted molar refractivity (Wildman–Crippen MR) is 90.9 cm³/mol. The Bertz CT molecular complexity index is 820. The standard InChI is InChI=1S/C17H20FN5O2/c18-11-8-19-6-5-12(11)21-10-1-2-14-13(7-10)20-9-23(14)15-3-4-16(24)22-17(15)25/h1-2,7,9,11-12,15,19,21H,3-6,8H2,(H,22,24,25)/t11-,12-,15?/m0/s1. The van der Waals surface area contributed by atoms with Gasteiger partial charge in [0.05, 0.1) is 23.4 Å². The fraction of sp³-hybridized carbons (Fsp3) is 0.471. The summed E-state index contributed by atoms with van der Waals surface area (Å²) in [5.41, 5.74) is 2.37. The molecular weight excluding hydrogens is 325 g/mol. The summed E-state index contributed by atoms with van der Waals surface area (Å²) in [4.78, 5) is 27.8. The largest absolute Gasteiger partial charge is 0.379 e. The smallest absolute Gasteiger partial charge is 0.249 e. The number of nitrogens with one attached hydrogen (secondary N) is 3. The molecule has 0 radical (unpaired) electrons. The number of alkyl halides is 1. The lowest BCUT2D eigenvalue weighted by Gasteiger charge is -2.28. The van der Waals surface area contributed by atoms with Crippen LogP contribution in [0.15, 0.2) is 24.5 Å². The third-order valence-corrected chi connectivity index (χ3v) is 4.88. The molecule has 2 saturated heterocycles. The molecule has 0 saturated carbocycles. The van der Waals surface area contributed by atoms with Crippen LogP contribution in [0.5, 0.6) is 0 Å². The molecule has 2 aromatic rings. The van der Waals surface area contributed by atoms with E-state index in [9.17, 15) is 14.0 Å². The lowest BCUT2D eigenvalue weighted by molar-refractivity contribution is -0.135. The average Bonchev–Trinajstić information content (AvgIpc) is 3.00. The first-order valence-electron chi connectivity index (χ1n) is 8.53. The summed E-state index contributed by atoms with van der Waals surface area (Å²) in [7, 11) is 0. The number of piperidine rings is 2. The summed E-state index contributed by atoms with van der Waals surface area (Å²) >= 11 is 0. The van der Waals surface area contributed by atoms with Gasteiger partial charge in [-0.15, -0.1) is 0 Å². The van der Waals surface area contributed by atoms with E-state index < -0.39 is 12.2 Å². The van der Waals surface area contributed by atoms with E-state index in [2.05, 4.69) is 20.9 Å². The summed E-state index contributed by atoms with van der Waals surface area (Å²) in [5.74, 6) is -0.535. The minimum atomic E-state index is -0.925. The van der Waals surface area contributed by atoms with Gasteiger partial charge in [0.15, 0.2) is 0 Å². The molecule has 0 aliphatic carbocycles. The number of hydrogen-bond donors (Lipinski definition) is 3. The number of anilines is 1. The molecule has 8 heteroatoms. The van der Waals surface area contributed by atoms with Gasteiger partial charge in [0.1, 0.15) is 12.2 Å². The van der Waals surface area contributed by atoms with Crippen molar-refractivity contribution in [2.75, 3.05) is 18.4 Å². The lowest BCUT2D eigenvalue weighted by Crippen LogP contribution is -2.45. The third-order valence-electron chi connectivity index (χ3n) is 4.88. The molecule has 132 valence electrons. The van der Waals surface area contributed by atoms with Crippen molar-refractivity contribution in [3.8, 4) is 0 Å². The molecule has 1 unspecified atom stereocenters. The van der Waals surface area contributed by atoms with Crippen molar-refractivity contribution in [2.24, 2.45) is 0 Å². The highest BCUT2D eigenvalue weighted by Gasteiger charge is 2.29. The van der Waals surface area contributed by atoms with Crippen molar-refractivity contribution in [1.29, 1.82) is 0 Å². The fourth-order valence-electron chi connectivity index (χ4n) is 3.51. The van der Waals surface area contributed by atoms with E-state index in [0.29, 0.717) is 19.4 Å². The number of rotatable bonds is 3. The highest BCUT2D eigenvalue weighted by Crippen LogP contribution is 2.26. The summed E-state index contributed by atoms with van der Waals surface area (Å²) in [6, 6.07) is 4.98. The molecule has 4 rings (SSSR count). The Hall–Kier alpha value is -2.48. The molecule has 1 aromatic heterocycles. The molecule has 7 nitrogen and oxygen atoms in total. The maximum Gasteiger partial charge on any atom is 0.249 e. The van der Waals surface area contributed by atoms with Gasteiger partial charge in [0, 0.05) is 18.7 Å². The Kier molecular flexibility index (Phi) is 4.12. The van der Waals surface area contributed by atoms with E-state index in [1.807, 2.05) is 18.2 Å². The number of nitrogens with zero attached hydrogens (tertiary/aromatic N) is 2. The second-order valence-corrected chi connectivity index (χ2v) is 6.58. The number of carbonyl (C=O) groups is 2. The van der Waals surface area contributed by atoms with Crippen molar-refractivity contribution in [2.45, 2.75) is 37.5 Å². The SMILES string of the molecule is O=C1CCC(n2cnc3cc(N[C@H]4CCNC[C@@H]4F)ccc32)C(=O)N1. The molecule has 3 N–H and O–H groups in total. The van der Waals surface area contributed by atoms with Crippen LogP contribution in [0.2, 0.25) is 0 Å². The lowest BCUT2D eigenvalue weighted by atomic mass is 10.0. The summed E-state index contributed by atoms with van der Waals surface area (Å²) < 4.78 is 15.7. The predicted octanol–water partition coefficient (Wildman–Crippen LogP) is 1.13. The van der Waals surface area contributed by atoms with Crippen LogP contribution in [-0.2, 0) is 9.59 Å². The molecule has 2 aliphatic rings. The van der Waals surface area contributed by atoms with Crippen LogP contribution in [0.25, 0.3) is 11.0 Å². The van der Waals surface area contributed by atoms with Crippen LogP contribution >= 0.6 is 0 Å². The van der Waals surface area contributed by atoms with Crippen molar-refractivity contribution in [3.05, 3.63) is 24.5 Å². The molecule has 25 heavy (non-hydrogen) atoms. The zero-order valence-corrected chi connectivity index (χ0v) is 13.7. The van der Waals surface area contributed by atoms with Crippen LogP contribution in [0.3, 0.4) is 0 Å². The van der Waals surface area contributed by atoms with Crippen LogP contribution in [0.4, 0.5) is 10.1 Å². The molecule has 0 bridgehead atoms. The van der Waals surface area contributed by atoms with E-state index in [-0.39, 0.29) is 17.9 Å². The Labute approximate surface area is 144 Å². The number of imide groups is 1. The molecule has 3 heterocycles. The molecule has 3 atom stereocenters. The second kappa shape index (κ2) is 6.44. The average molecular weight is 345 g/mol. The van der Waals surface area contributed by atoms with Crippen LogP contribution in [0, 0.1) is 0 Å². The number of benzene rings is 1. The summed E-state index contributed by atoms with van der Waals surface area (Å²) in [6.07, 6.45) is 2.21. The minimum Gasteiger partial charge on any atom is -0.379 e. The van der Waals surface area contributed by atoms with Crippen molar-refractivity contribution in [1.82, 2.24) is 20.2 Å². The first kappa shape index (κ1) is 16.0. The van der Waals surface area contributed by atoms with Crippen LogP contribution < -0.4 is 16.0 Å². The summed E-state index contributed by atoms with van der Waals surface area (Å²) in [5, 5.41) is 8.64. The quantitative estimate of drug-likeness (QED) is 0.726. The molecule has 0 spiro atoms. The van der Waals surface area contributed by atoms with Gasteiger partial charge < -0.3 is 15.2 Å². The maximum atomic E-state index is 14.0. The van der Waals surface area contributed by atoms with Crippen molar-refractivity contribution < 1.29 is 14.0 Å². The van der Waals surface area contributed by atoms with Crippen molar-refractivity contribution >= 4 is 28.5 Å². The topological polar surface area (TPSA) is 88.1 Å². The number of fused-ring (bicyclic) bond motifs is 1. The third kappa shape index (κ3) is 3.09. The van der Waals surface area contributed by atoms with E-state index in [1.165, 1.54) is 0 Å². The van der Waals surface area contributed by atoms with Crippen LogP contribution in [-0.4, -0.2) is 46.7 Å². The van der Waals surface area contributed by atoms with Gasteiger partial charge in [-0.25, -0.2) is 9.37 Å². The van der Waals surface area contributed by atoms with E-state index in [0.717, 1.165) is 29.7 Å². The summed E-state index contributed by atoms with van der Waals surface area (Å²) in [6.45, 7) is 1.16. The van der Waals surface area contributed by atoms with Gasteiger partial charge in [0.25, 0.3) is 0 Å². The van der Waals surface area contributed by atoms with Crippen LogP contribution in [0.1, 0.15) is 25.3 Å². The van der Waals surface area contributed by atoms with Gasteiger partial charge in [-0.05, 0) is 37.6 Å². The number of aromatic nitrogens is 2. The zero-order chi connectivity index (χ0) is 17.4. The molecular formula is C17H20FN5O2. The molecule has 2 amide bonds. The van der Waals surface area contributed by atoms with Gasteiger partial charge in [-0.2, -0.15) is 0 Å². The Morgan fingerprint density at radius 3 is 2.96 bits per heavy atom. The van der Waals surface area contributed by atoms with Gasteiger partial charge >= 0.3 is 0 Å². The molecule has 2 aliphatic heterocycles. The minimum absolute atomic E-state index is 0.212. The number of hydrogen-bond acceptors (Lipinski definition) is 5. The zero-order valence-electron chi connectivity index (χ0n) is 13.7. The van der Waals surface area contributed by atoms with E-state index in [1.54, 1.807) is 10.9 Å². The fourth-order valence-corrected chi connectivity index (χ4v) is 3.51. The first-order chi connectivity index (χ1) is 12.1. The maximum absolute atomic E-state index is 14.0. The highest BCUT2D eigenvalue weighted by atomic mass is 19.1. The number of amides is 2. The number of imidazole rings is 1. The van der Waals surface area contributed by atoms with E-state index in [4.69, 9.17) is 0 Å². The van der Waals surface area contributed by atoms with Gasteiger partial charge in [0.2, 0.25) is 11.8 Å². The molecule has 2 fully saturated rings. The number of halogens is 1. The highest BCUT2D eigenvalue weighted by molar-refractivity contribution is 6.00. The van der Waals surface area contributed by atoms with Gasteiger partial charge in [-0.1, -0.05) is 0 Å². The van der Waals surface area contributed by atoms with Crippen molar-refractivity contribution in [3.63, 3.8) is 0 Å². The number of carbonyl (C=O) groups excluding carboxylic acids is 2. The Morgan fingerprint density at radius 1 is 1.28 bits per heavy atom. The second-order valence-electron chi connectivity index (χ2n) is 6.58. The first-order valence-corrected chi connectivity index (χ1v) is 8.53. The van der Waals surface area contributed by atoms with E-state index >= 15 is 0 Å². The molecule has 1 aromatic carbocycles. The monoisotopic (exact) mass is 345 g/mol. The van der Waals surface area contributed by atoms with Gasteiger partial charge in [-0.3, -0.25) is 14.9 Å².